The van der Waals surface area contributed by atoms with E-state index in [1.54, 1.807) is 11.8 Å². The van der Waals surface area contributed by atoms with Crippen LogP contribution in [0.2, 0.25) is 0 Å². The normalized spacial score (nSPS) is 10.9. The highest BCUT2D eigenvalue weighted by Gasteiger charge is 2.02. The third-order valence-electron chi connectivity index (χ3n) is 3.04. The molecule has 21 heavy (non-hydrogen) atoms. The number of thioether (sulfide) groups is 1. The number of aromatic nitrogens is 2. The van der Waals surface area contributed by atoms with Crippen LogP contribution in [0.1, 0.15) is 6.42 Å². The first-order valence-electron chi connectivity index (χ1n) is 6.87. The third-order valence-corrected chi connectivity index (χ3v) is 4.00. The molecule has 4 nitrogen and oxygen atoms in total. The standard InChI is InChI=1S/C16H17N3OS/c17-12-6-8-13(9-7-12)20-10-3-11-21-16-18-14-4-1-2-5-15(14)19-16/h1-2,4-9H,3,10-11,17H2,(H,18,19). The van der Waals surface area contributed by atoms with Crippen molar-refractivity contribution in [2.45, 2.75) is 11.6 Å². The monoisotopic (exact) mass is 299 g/mol. The van der Waals surface area contributed by atoms with E-state index < -0.39 is 0 Å². The van der Waals surface area contributed by atoms with Crippen molar-refractivity contribution in [1.82, 2.24) is 9.97 Å². The van der Waals surface area contributed by atoms with Crippen molar-refractivity contribution in [2.75, 3.05) is 18.1 Å². The number of anilines is 1. The van der Waals surface area contributed by atoms with Crippen LogP contribution in [0.25, 0.3) is 11.0 Å². The van der Waals surface area contributed by atoms with Gasteiger partial charge in [0.05, 0.1) is 17.6 Å². The molecular formula is C16H17N3OS. The van der Waals surface area contributed by atoms with Gasteiger partial charge < -0.3 is 15.5 Å². The van der Waals surface area contributed by atoms with Gasteiger partial charge >= 0.3 is 0 Å². The minimum absolute atomic E-state index is 0.692. The van der Waals surface area contributed by atoms with Gasteiger partial charge in [-0.05, 0) is 42.8 Å². The number of nitrogen functional groups attached to an aromatic ring is 1. The summed E-state index contributed by atoms with van der Waals surface area (Å²) in [5.41, 5.74) is 8.48. The van der Waals surface area contributed by atoms with E-state index in [1.165, 1.54) is 0 Å². The number of rotatable bonds is 6. The number of ether oxygens (including phenoxy) is 1. The van der Waals surface area contributed by atoms with Crippen LogP contribution in [0.3, 0.4) is 0 Å². The fraction of sp³-hybridized carbons (Fsp3) is 0.188. The van der Waals surface area contributed by atoms with Gasteiger partial charge in [0, 0.05) is 11.4 Å². The van der Waals surface area contributed by atoms with Crippen molar-refractivity contribution in [2.24, 2.45) is 0 Å². The molecule has 0 aliphatic rings. The molecule has 1 heterocycles. The van der Waals surface area contributed by atoms with E-state index in [9.17, 15) is 0 Å². The predicted octanol–water partition coefficient (Wildman–Crippen LogP) is 3.71. The van der Waals surface area contributed by atoms with Gasteiger partial charge in [0.25, 0.3) is 0 Å². The molecule has 3 rings (SSSR count). The van der Waals surface area contributed by atoms with Crippen molar-refractivity contribution in [3.8, 4) is 5.75 Å². The second kappa shape index (κ2) is 6.54. The van der Waals surface area contributed by atoms with Crippen LogP contribution in [0.4, 0.5) is 5.69 Å². The Morgan fingerprint density at radius 3 is 2.71 bits per heavy atom. The molecule has 5 heteroatoms. The van der Waals surface area contributed by atoms with Crippen LogP contribution < -0.4 is 10.5 Å². The topological polar surface area (TPSA) is 63.9 Å². The molecule has 0 atom stereocenters. The Kier molecular flexibility index (Phi) is 4.31. The van der Waals surface area contributed by atoms with Crippen LogP contribution in [0, 0.1) is 0 Å². The quantitative estimate of drug-likeness (QED) is 0.414. The van der Waals surface area contributed by atoms with Gasteiger partial charge in [0.15, 0.2) is 5.16 Å². The summed E-state index contributed by atoms with van der Waals surface area (Å²) < 4.78 is 5.66. The highest BCUT2D eigenvalue weighted by atomic mass is 32.2. The Hall–Kier alpha value is -2.14. The van der Waals surface area contributed by atoms with Crippen LogP contribution >= 0.6 is 11.8 Å². The minimum Gasteiger partial charge on any atom is -0.494 e. The number of nitrogens with one attached hydrogen (secondary N) is 1. The zero-order valence-electron chi connectivity index (χ0n) is 11.6. The molecule has 2 aromatic carbocycles. The molecule has 0 unspecified atom stereocenters. The molecule has 0 bridgehead atoms. The zero-order chi connectivity index (χ0) is 14.5. The van der Waals surface area contributed by atoms with E-state index in [0.717, 1.165) is 39.8 Å². The second-order valence-corrected chi connectivity index (χ2v) is 5.76. The van der Waals surface area contributed by atoms with Crippen molar-refractivity contribution in [3.05, 3.63) is 48.5 Å². The highest BCUT2D eigenvalue weighted by molar-refractivity contribution is 7.99. The summed E-state index contributed by atoms with van der Waals surface area (Å²) >= 11 is 1.72. The first kappa shape index (κ1) is 13.8. The van der Waals surface area contributed by atoms with Crippen molar-refractivity contribution in [1.29, 1.82) is 0 Å². The maximum atomic E-state index is 5.66. The minimum atomic E-state index is 0.692. The predicted molar refractivity (Wildman–Crippen MR) is 87.8 cm³/mol. The smallest absolute Gasteiger partial charge is 0.166 e. The Bertz CT molecular complexity index is 676. The summed E-state index contributed by atoms with van der Waals surface area (Å²) in [5.74, 6) is 1.83. The number of para-hydroxylation sites is 2. The van der Waals surface area contributed by atoms with Crippen LogP contribution in [0.15, 0.2) is 53.7 Å². The summed E-state index contributed by atoms with van der Waals surface area (Å²) in [4.78, 5) is 7.84. The van der Waals surface area contributed by atoms with Gasteiger partial charge in [-0.15, -0.1) is 0 Å². The SMILES string of the molecule is Nc1ccc(OCCCSc2nc3ccccc3[nH]2)cc1. The highest BCUT2D eigenvalue weighted by Crippen LogP contribution is 2.20. The van der Waals surface area contributed by atoms with E-state index in [2.05, 4.69) is 9.97 Å². The first-order chi connectivity index (χ1) is 10.3. The average Bonchev–Trinajstić information content (AvgIpc) is 2.91. The Morgan fingerprint density at radius 2 is 1.90 bits per heavy atom. The van der Waals surface area contributed by atoms with E-state index in [-0.39, 0.29) is 0 Å². The van der Waals surface area contributed by atoms with E-state index in [1.807, 2.05) is 48.5 Å². The molecule has 0 amide bonds. The number of benzene rings is 2. The number of hydrogen-bond acceptors (Lipinski definition) is 4. The number of hydrogen-bond donors (Lipinski definition) is 2. The van der Waals surface area contributed by atoms with Crippen LogP contribution in [0.5, 0.6) is 5.75 Å². The van der Waals surface area contributed by atoms with E-state index in [0.29, 0.717) is 6.61 Å². The molecule has 108 valence electrons. The Balaban J connectivity index is 1.42. The summed E-state index contributed by atoms with van der Waals surface area (Å²) in [5, 5.41) is 0.962. The van der Waals surface area contributed by atoms with Crippen LogP contribution in [-0.2, 0) is 0 Å². The van der Waals surface area contributed by atoms with Gasteiger partial charge in [-0.2, -0.15) is 0 Å². The lowest BCUT2D eigenvalue weighted by atomic mass is 10.3. The van der Waals surface area contributed by atoms with E-state index >= 15 is 0 Å². The Morgan fingerprint density at radius 1 is 1.10 bits per heavy atom. The molecule has 0 aliphatic heterocycles. The average molecular weight is 299 g/mol. The lowest BCUT2D eigenvalue weighted by Crippen LogP contribution is -1.99. The number of aromatic amines is 1. The maximum Gasteiger partial charge on any atom is 0.166 e. The number of imidazole rings is 1. The molecule has 0 radical (unpaired) electrons. The number of nitrogens with two attached hydrogens (primary N) is 1. The van der Waals surface area contributed by atoms with Gasteiger partial charge in [-0.1, -0.05) is 23.9 Å². The van der Waals surface area contributed by atoms with Crippen molar-refractivity contribution >= 4 is 28.5 Å². The molecule has 3 N–H and O–H groups in total. The van der Waals surface area contributed by atoms with Crippen molar-refractivity contribution < 1.29 is 4.74 Å². The second-order valence-electron chi connectivity index (χ2n) is 4.68. The summed E-state index contributed by atoms with van der Waals surface area (Å²) in [7, 11) is 0. The fourth-order valence-electron chi connectivity index (χ4n) is 1.98. The largest absolute Gasteiger partial charge is 0.494 e. The van der Waals surface area contributed by atoms with Gasteiger partial charge in [-0.25, -0.2) is 4.98 Å². The fourth-order valence-corrected chi connectivity index (χ4v) is 2.78. The first-order valence-corrected chi connectivity index (χ1v) is 7.86. The number of fused-ring (bicyclic) bond motifs is 1. The molecule has 0 spiro atoms. The third kappa shape index (κ3) is 3.70. The van der Waals surface area contributed by atoms with Gasteiger partial charge in [0.2, 0.25) is 0 Å². The van der Waals surface area contributed by atoms with Gasteiger partial charge in [-0.3, -0.25) is 0 Å². The lowest BCUT2D eigenvalue weighted by molar-refractivity contribution is 0.319. The van der Waals surface area contributed by atoms with Crippen molar-refractivity contribution in [3.63, 3.8) is 0 Å². The summed E-state index contributed by atoms with van der Waals surface area (Å²) in [6, 6.07) is 15.5. The molecule has 1 aromatic heterocycles. The molecule has 0 saturated carbocycles. The zero-order valence-corrected chi connectivity index (χ0v) is 12.4. The summed E-state index contributed by atoms with van der Waals surface area (Å²) in [6.07, 6.45) is 0.964. The molecule has 0 fully saturated rings. The molecule has 0 aliphatic carbocycles. The molecule has 0 saturated heterocycles. The molecule has 3 aromatic rings. The summed E-state index contributed by atoms with van der Waals surface area (Å²) in [6.45, 7) is 0.692. The Labute approximate surface area is 127 Å². The maximum absolute atomic E-state index is 5.66. The number of nitrogens with zero attached hydrogens (tertiary/aromatic N) is 1. The molecular weight excluding hydrogens is 282 g/mol. The van der Waals surface area contributed by atoms with Crippen LogP contribution in [-0.4, -0.2) is 22.3 Å². The van der Waals surface area contributed by atoms with E-state index in [4.69, 9.17) is 10.5 Å². The number of H-pyrrole nitrogens is 1. The van der Waals surface area contributed by atoms with Gasteiger partial charge in [0.1, 0.15) is 5.75 Å². The lowest BCUT2D eigenvalue weighted by Gasteiger charge is -2.05.